The zero-order chi connectivity index (χ0) is 20.6. The Balaban J connectivity index is 1.57. The minimum absolute atomic E-state index is 0.103. The number of hydrazone groups is 1. The molecule has 7 heteroatoms. The number of aromatic hydroxyl groups is 2. The molecule has 3 rings (SSSR count). The minimum atomic E-state index is -0.383. The highest BCUT2D eigenvalue weighted by Crippen LogP contribution is 2.35. The van der Waals surface area contributed by atoms with Crippen molar-refractivity contribution in [3.05, 3.63) is 83.4 Å². The fourth-order valence-corrected chi connectivity index (χ4v) is 2.51. The van der Waals surface area contributed by atoms with Gasteiger partial charge in [-0.25, -0.2) is 5.43 Å². The highest BCUT2D eigenvalue weighted by Gasteiger charge is 2.09. The smallest absolute Gasteiger partial charge is 0.271 e. The Hall–Kier alpha value is -4.00. The van der Waals surface area contributed by atoms with E-state index in [1.165, 1.54) is 25.5 Å². The van der Waals surface area contributed by atoms with Crippen molar-refractivity contribution < 1.29 is 24.5 Å². The topological polar surface area (TPSA) is 100 Å². The fraction of sp³-hybridized carbons (Fsp3) is 0.0909. The van der Waals surface area contributed by atoms with Crippen LogP contribution in [0, 0.1) is 0 Å². The van der Waals surface area contributed by atoms with Gasteiger partial charge in [-0.15, -0.1) is 0 Å². The molecule has 0 bridgehead atoms. The highest BCUT2D eigenvalue weighted by atomic mass is 16.5. The van der Waals surface area contributed by atoms with Crippen molar-refractivity contribution in [2.24, 2.45) is 5.10 Å². The fourth-order valence-electron chi connectivity index (χ4n) is 2.51. The molecule has 0 fully saturated rings. The van der Waals surface area contributed by atoms with Crippen molar-refractivity contribution in [1.29, 1.82) is 0 Å². The summed E-state index contributed by atoms with van der Waals surface area (Å²) in [6, 6.07) is 19.2. The number of benzene rings is 3. The SMILES string of the molecule is COc1cc(/C=N/NC(=O)c2ccc(COc3ccccc3)cc2)cc(O)c1O. The third-order valence-electron chi connectivity index (χ3n) is 4.04. The Labute approximate surface area is 167 Å². The third kappa shape index (κ3) is 5.26. The van der Waals surface area contributed by atoms with E-state index in [1.807, 2.05) is 42.5 Å². The highest BCUT2D eigenvalue weighted by molar-refractivity contribution is 5.95. The molecular weight excluding hydrogens is 372 g/mol. The van der Waals surface area contributed by atoms with Crippen LogP contribution >= 0.6 is 0 Å². The van der Waals surface area contributed by atoms with Crippen LogP contribution in [0.4, 0.5) is 0 Å². The van der Waals surface area contributed by atoms with Gasteiger partial charge in [0.15, 0.2) is 11.5 Å². The second kappa shape index (κ2) is 9.27. The molecule has 0 unspecified atom stereocenters. The van der Waals surface area contributed by atoms with E-state index in [9.17, 15) is 15.0 Å². The van der Waals surface area contributed by atoms with Crippen LogP contribution in [0.15, 0.2) is 71.8 Å². The van der Waals surface area contributed by atoms with Crippen LogP contribution in [0.1, 0.15) is 21.5 Å². The van der Waals surface area contributed by atoms with E-state index in [0.29, 0.717) is 17.7 Å². The van der Waals surface area contributed by atoms with Crippen molar-refractivity contribution in [2.45, 2.75) is 6.61 Å². The Morgan fingerprint density at radius 1 is 1.07 bits per heavy atom. The normalized spacial score (nSPS) is 10.7. The summed E-state index contributed by atoms with van der Waals surface area (Å²) >= 11 is 0. The van der Waals surface area contributed by atoms with E-state index >= 15 is 0 Å². The summed E-state index contributed by atoms with van der Waals surface area (Å²) < 4.78 is 10.6. The lowest BCUT2D eigenvalue weighted by Gasteiger charge is -2.07. The Bertz CT molecular complexity index is 1000. The molecule has 29 heavy (non-hydrogen) atoms. The van der Waals surface area contributed by atoms with Crippen molar-refractivity contribution in [2.75, 3.05) is 7.11 Å². The molecule has 0 saturated carbocycles. The first-order valence-corrected chi connectivity index (χ1v) is 8.77. The summed E-state index contributed by atoms with van der Waals surface area (Å²) in [7, 11) is 1.37. The molecule has 0 aliphatic carbocycles. The monoisotopic (exact) mass is 392 g/mol. The Morgan fingerprint density at radius 2 is 1.79 bits per heavy atom. The quantitative estimate of drug-likeness (QED) is 0.325. The number of nitrogens with zero attached hydrogens (tertiary/aromatic N) is 1. The van der Waals surface area contributed by atoms with E-state index < -0.39 is 0 Å². The maximum Gasteiger partial charge on any atom is 0.271 e. The van der Waals surface area contributed by atoms with Gasteiger partial charge >= 0.3 is 0 Å². The number of rotatable bonds is 7. The molecule has 1 amide bonds. The number of hydrogen-bond acceptors (Lipinski definition) is 6. The standard InChI is InChI=1S/C22H20N2O5/c1-28-20-12-16(11-19(25)21(20)26)13-23-24-22(27)17-9-7-15(8-10-17)14-29-18-5-3-2-4-6-18/h2-13,25-26H,14H2,1H3,(H,24,27)/b23-13+. The van der Waals surface area contributed by atoms with Gasteiger partial charge in [0.1, 0.15) is 12.4 Å². The molecular formula is C22H20N2O5. The van der Waals surface area contributed by atoms with E-state index in [-0.39, 0.29) is 23.2 Å². The molecule has 0 saturated heterocycles. The summed E-state index contributed by atoms with van der Waals surface area (Å²) in [6.07, 6.45) is 1.33. The van der Waals surface area contributed by atoms with Crippen LogP contribution in [-0.2, 0) is 6.61 Å². The molecule has 0 aliphatic rings. The van der Waals surface area contributed by atoms with Crippen molar-refractivity contribution in [3.8, 4) is 23.0 Å². The first-order valence-electron chi connectivity index (χ1n) is 8.77. The van der Waals surface area contributed by atoms with Crippen LogP contribution < -0.4 is 14.9 Å². The van der Waals surface area contributed by atoms with Gasteiger partial charge in [-0.2, -0.15) is 5.10 Å². The number of hydrogen-bond donors (Lipinski definition) is 3. The molecule has 7 nitrogen and oxygen atoms in total. The van der Waals surface area contributed by atoms with Crippen LogP contribution in [0.2, 0.25) is 0 Å². The molecule has 0 spiro atoms. The lowest BCUT2D eigenvalue weighted by atomic mass is 10.1. The van der Waals surface area contributed by atoms with Crippen molar-refractivity contribution in [3.63, 3.8) is 0 Å². The zero-order valence-electron chi connectivity index (χ0n) is 15.7. The van der Waals surface area contributed by atoms with Gasteiger partial charge in [0.2, 0.25) is 5.75 Å². The van der Waals surface area contributed by atoms with Gasteiger partial charge in [0, 0.05) is 11.1 Å². The number of amides is 1. The molecule has 0 radical (unpaired) electrons. The number of phenols is 2. The number of carbonyl (C=O) groups excluding carboxylic acids is 1. The lowest BCUT2D eigenvalue weighted by Crippen LogP contribution is -2.17. The number of phenolic OH excluding ortho intramolecular Hbond substituents is 2. The minimum Gasteiger partial charge on any atom is -0.504 e. The van der Waals surface area contributed by atoms with Gasteiger partial charge in [0.25, 0.3) is 5.91 Å². The van der Waals surface area contributed by atoms with E-state index in [4.69, 9.17) is 9.47 Å². The molecule has 3 aromatic rings. The molecule has 3 N–H and O–H groups in total. The largest absolute Gasteiger partial charge is 0.504 e. The third-order valence-corrected chi connectivity index (χ3v) is 4.04. The first kappa shape index (κ1) is 19.8. The van der Waals surface area contributed by atoms with Crippen LogP contribution in [-0.4, -0.2) is 29.4 Å². The van der Waals surface area contributed by atoms with E-state index in [1.54, 1.807) is 12.1 Å². The predicted molar refractivity (Wildman–Crippen MR) is 109 cm³/mol. The average Bonchev–Trinajstić information content (AvgIpc) is 2.75. The molecule has 3 aromatic carbocycles. The maximum absolute atomic E-state index is 12.2. The molecule has 0 aromatic heterocycles. The van der Waals surface area contributed by atoms with Crippen LogP contribution in [0.25, 0.3) is 0 Å². The number of nitrogens with one attached hydrogen (secondary N) is 1. The van der Waals surface area contributed by atoms with Crippen LogP contribution in [0.5, 0.6) is 23.0 Å². The van der Waals surface area contributed by atoms with Crippen LogP contribution in [0.3, 0.4) is 0 Å². The lowest BCUT2D eigenvalue weighted by molar-refractivity contribution is 0.0955. The molecule has 148 valence electrons. The Kier molecular flexibility index (Phi) is 6.32. The maximum atomic E-state index is 12.2. The molecule has 0 atom stereocenters. The second-order valence-electron chi connectivity index (χ2n) is 6.09. The van der Waals surface area contributed by atoms with Crippen molar-refractivity contribution in [1.82, 2.24) is 5.43 Å². The molecule has 0 aliphatic heterocycles. The van der Waals surface area contributed by atoms with E-state index in [0.717, 1.165) is 11.3 Å². The van der Waals surface area contributed by atoms with Gasteiger partial charge < -0.3 is 19.7 Å². The summed E-state index contributed by atoms with van der Waals surface area (Å²) in [5, 5.41) is 23.1. The summed E-state index contributed by atoms with van der Waals surface area (Å²) in [5.41, 5.74) is 4.23. The van der Waals surface area contributed by atoms with Gasteiger partial charge in [-0.05, 0) is 42.0 Å². The zero-order valence-corrected chi connectivity index (χ0v) is 15.7. The van der Waals surface area contributed by atoms with E-state index in [2.05, 4.69) is 10.5 Å². The summed E-state index contributed by atoms with van der Waals surface area (Å²) in [6.45, 7) is 0.399. The second-order valence-corrected chi connectivity index (χ2v) is 6.09. The predicted octanol–water partition coefficient (Wildman–Crippen LogP) is 3.45. The molecule has 0 heterocycles. The summed E-state index contributed by atoms with van der Waals surface area (Å²) in [5.74, 6) is -0.200. The number of carbonyl (C=O) groups is 1. The van der Waals surface area contributed by atoms with Gasteiger partial charge in [-0.1, -0.05) is 30.3 Å². The Morgan fingerprint density at radius 3 is 2.48 bits per heavy atom. The van der Waals surface area contributed by atoms with Gasteiger partial charge in [0.05, 0.1) is 13.3 Å². The van der Waals surface area contributed by atoms with Gasteiger partial charge in [-0.3, -0.25) is 4.79 Å². The number of para-hydroxylation sites is 1. The number of ether oxygens (including phenoxy) is 2. The number of methoxy groups -OCH3 is 1. The first-order chi connectivity index (χ1) is 14.1. The summed E-state index contributed by atoms with van der Waals surface area (Å²) in [4.78, 5) is 12.2. The van der Waals surface area contributed by atoms with Crippen molar-refractivity contribution >= 4 is 12.1 Å². The average molecular weight is 392 g/mol.